The van der Waals surface area contributed by atoms with E-state index in [1.54, 1.807) is 0 Å². The highest BCUT2D eigenvalue weighted by Crippen LogP contribution is 2.37. The fraction of sp³-hybridized carbons (Fsp3) is 0.393. The van der Waals surface area contributed by atoms with E-state index >= 15 is 0 Å². The Hall–Kier alpha value is -4.69. The largest absolute Gasteiger partial charge is 0.490 e. The number of guanidine groups is 1. The van der Waals surface area contributed by atoms with Gasteiger partial charge in [0.15, 0.2) is 5.96 Å². The molecule has 0 saturated carbocycles. The van der Waals surface area contributed by atoms with Crippen LogP contribution in [0.2, 0.25) is 5.02 Å². The van der Waals surface area contributed by atoms with Gasteiger partial charge in [-0.25, -0.2) is 14.0 Å². The molecule has 2 aromatic carbocycles. The summed E-state index contributed by atoms with van der Waals surface area (Å²) in [6.07, 6.45) is -9.06. The number of carbonyl (C=O) groups is 4. The van der Waals surface area contributed by atoms with Gasteiger partial charge in [-0.2, -0.15) is 26.3 Å². The lowest BCUT2D eigenvalue weighted by atomic mass is 10.0. The second-order valence-corrected chi connectivity index (χ2v) is 11.0. The molecule has 0 bridgehead atoms. The number of hydrogen-bond donors (Lipinski definition) is 7. The van der Waals surface area contributed by atoms with Crippen molar-refractivity contribution in [3.8, 4) is 0 Å². The highest BCUT2D eigenvalue weighted by Gasteiger charge is 2.39. The van der Waals surface area contributed by atoms with Crippen LogP contribution in [0.15, 0.2) is 41.4 Å². The summed E-state index contributed by atoms with van der Waals surface area (Å²) in [4.78, 5) is 49.3. The summed E-state index contributed by atoms with van der Waals surface area (Å²) in [6.45, 7) is 2.49. The molecule has 1 fully saturated rings. The van der Waals surface area contributed by atoms with Crippen molar-refractivity contribution < 1.29 is 65.2 Å². The summed E-state index contributed by atoms with van der Waals surface area (Å²) in [5.74, 6) is -8.21. The van der Waals surface area contributed by atoms with E-state index in [9.17, 15) is 45.4 Å². The average molecular weight is 731 g/mol. The number of aliphatic imine (C=N–C) groups is 1. The van der Waals surface area contributed by atoms with Gasteiger partial charge in [-0.1, -0.05) is 29.8 Å². The number of nitrogens with two attached hydrogens (primary N) is 2. The molecule has 2 amide bonds. The number of nitrogens with one attached hydrogen (secondary N) is 2. The number of nitrogens with zero attached hydrogens (tertiary/aromatic N) is 2. The van der Waals surface area contributed by atoms with Crippen molar-refractivity contribution >= 4 is 47.0 Å². The first-order chi connectivity index (χ1) is 22.6. The minimum Gasteiger partial charge on any atom is -0.475 e. The van der Waals surface area contributed by atoms with Gasteiger partial charge in [-0.3, -0.25) is 19.5 Å². The van der Waals surface area contributed by atoms with Gasteiger partial charge >= 0.3 is 36.1 Å². The zero-order valence-corrected chi connectivity index (χ0v) is 25.7. The number of aliphatic carboxylic acids is 2. The predicted molar refractivity (Wildman–Crippen MR) is 159 cm³/mol. The summed E-state index contributed by atoms with van der Waals surface area (Å²) < 4.78 is 77.1. The lowest BCUT2D eigenvalue weighted by molar-refractivity contribution is -0.193. The summed E-state index contributed by atoms with van der Waals surface area (Å²) in [5.41, 5.74) is 14.2. The van der Waals surface area contributed by atoms with E-state index in [0.717, 1.165) is 42.3 Å². The van der Waals surface area contributed by atoms with E-state index in [2.05, 4.69) is 26.6 Å². The number of carboxylic acids is 2. The molecule has 1 saturated heterocycles. The minimum atomic E-state index is -5.08. The molecule has 4 rings (SSSR count). The van der Waals surface area contributed by atoms with E-state index in [1.807, 2.05) is 12.1 Å². The van der Waals surface area contributed by atoms with E-state index in [4.69, 9.17) is 42.9 Å². The standard InChI is InChI=1S/C24H28ClFN6O3.2C2HF3O2/c25-19-4-2-16(9-20(19)26)30-22(34)23(35)31-21-15(10-29-24(27)28)8-14-7-13(1-3-18(14)21)11-32-6-5-17(33)12-32;2*3-2(4,5)1(6)7/h1-4,7,9,15,17,21,33H,5-6,8,10-12H2,(H,30,34)(H,31,35)(H4,27,28,29);2*(H,6,7)/t15-,17+,21-;;/m1../s1. The SMILES string of the molecule is NC(N)=NC[C@H]1Cc2cc(CN3CC[C@H](O)C3)ccc2[C@@H]1NC(=O)C(=O)Nc1ccc(Cl)c(F)c1.O=C(O)C(F)(F)F.O=C(O)C(F)(F)F. The summed E-state index contributed by atoms with van der Waals surface area (Å²) in [6, 6.07) is 9.29. The van der Waals surface area contributed by atoms with Gasteiger partial charge in [0.25, 0.3) is 0 Å². The van der Waals surface area contributed by atoms with Crippen LogP contribution in [0.1, 0.15) is 29.2 Å². The van der Waals surface area contributed by atoms with Crippen molar-refractivity contribution in [1.82, 2.24) is 10.2 Å². The number of hydrogen-bond acceptors (Lipinski definition) is 7. The van der Waals surface area contributed by atoms with Gasteiger partial charge in [0, 0.05) is 37.8 Å². The Labute approximate surface area is 277 Å². The first-order valence-corrected chi connectivity index (χ1v) is 14.2. The molecule has 13 nitrogen and oxygen atoms in total. The number of likely N-dealkylation sites (tertiary alicyclic amines) is 1. The van der Waals surface area contributed by atoms with Crippen LogP contribution < -0.4 is 22.1 Å². The Morgan fingerprint density at radius 2 is 1.55 bits per heavy atom. The van der Waals surface area contributed by atoms with Crippen molar-refractivity contribution in [1.29, 1.82) is 0 Å². The number of alkyl halides is 6. The van der Waals surface area contributed by atoms with Gasteiger partial charge in [-0.05, 0) is 47.7 Å². The molecule has 0 aromatic heterocycles. The van der Waals surface area contributed by atoms with E-state index in [-0.39, 0.29) is 35.2 Å². The molecular weight excluding hydrogens is 701 g/mol. The Morgan fingerprint density at radius 1 is 0.959 bits per heavy atom. The molecule has 270 valence electrons. The van der Waals surface area contributed by atoms with E-state index in [1.165, 1.54) is 12.1 Å². The number of halogens is 8. The van der Waals surface area contributed by atoms with Crippen LogP contribution in [0.3, 0.4) is 0 Å². The monoisotopic (exact) mass is 730 g/mol. The zero-order chi connectivity index (χ0) is 37.3. The third kappa shape index (κ3) is 13.0. The lowest BCUT2D eigenvalue weighted by Gasteiger charge is -2.21. The molecule has 1 heterocycles. The minimum absolute atomic E-state index is 0.0539. The molecule has 1 aliphatic carbocycles. The van der Waals surface area contributed by atoms with Crippen LogP contribution in [-0.4, -0.2) is 88.0 Å². The molecule has 0 radical (unpaired) electrons. The normalized spacial score (nSPS) is 18.5. The highest BCUT2D eigenvalue weighted by atomic mass is 35.5. The molecule has 49 heavy (non-hydrogen) atoms. The second-order valence-electron chi connectivity index (χ2n) is 10.6. The van der Waals surface area contributed by atoms with Crippen molar-refractivity contribution in [2.75, 3.05) is 25.0 Å². The summed E-state index contributed by atoms with van der Waals surface area (Å²) in [7, 11) is 0. The summed E-state index contributed by atoms with van der Waals surface area (Å²) >= 11 is 5.66. The molecular formula is C28H30ClF7N6O7. The van der Waals surface area contributed by atoms with Crippen molar-refractivity contribution in [3.05, 3.63) is 63.9 Å². The molecule has 2 aliphatic rings. The Morgan fingerprint density at radius 3 is 2.04 bits per heavy atom. The predicted octanol–water partition coefficient (Wildman–Crippen LogP) is 2.55. The third-order valence-electron chi connectivity index (χ3n) is 6.81. The van der Waals surface area contributed by atoms with Gasteiger partial charge in [0.2, 0.25) is 0 Å². The number of aliphatic hydroxyl groups excluding tert-OH is 1. The Balaban J connectivity index is 0.000000500. The number of aliphatic hydroxyl groups is 1. The zero-order valence-electron chi connectivity index (χ0n) is 25.0. The molecule has 2 aromatic rings. The fourth-order valence-corrected chi connectivity index (χ4v) is 4.78. The van der Waals surface area contributed by atoms with Gasteiger partial charge in [0.1, 0.15) is 5.82 Å². The summed E-state index contributed by atoms with van der Waals surface area (Å²) in [5, 5.41) is 29.1. The number of carbonyl (C=O) groups excluding carboxylic acids is 2. The molecule has 0 spiro atoms. The second kappa shape index (κ2) is 17.1. The molecule has 1 aliphatic heterocycles. The van der Waals surface area contributed by atoms with Crippen LogP contribution >= 0.6 is 11.6 Å². The third-order valence-corrected chi connectivity index (χ3v) is 7.12. The van der Waals surface area contributed by atoms with Crippen molar-refractivity contribution in [2.24, 2.45) is 22.4 Å². The fourth-order valence-electron chi connectivity index (χ4n) is 4.66. The highest BCUT2D eigenvalue weighted by molar-refractivity contribution is 6.39. The number of fused-ring (bicyclic) bond motifs is 1. The number of carboxylic acid groups (broad SMARTS) is 2. The maximum atomic E-state index is 13.7. The smallest absolute Gasteiger partial charge is 0.475 e. The van der Waals surface area contributed by atoms with Gasteiger partial charge in [-0.15, -0.1) is 0 Å². The lowest BCUT2D eigenvalue weighted by Crippen LogP contribution is -2.40. The average Bonchev–Trinajstić information content (AvgIpc) is 3.55. The molecule has 3 atom stereocenters. The molecule has 0 unspecified atom stereocenters. The quantitative estimate of drug-likeness (QED) is 0.0997. The van der Waals surface area contributed by atoms with Crippen LogP contribution in [0.4, 0.5) is 36.4 Å². The Bertz CT molecular complexity index is 1530. The first kappa shape index (κ1) is 40.5. The van der Waals surface area contributed by atoms with Gasteiger partial charge < -0.3 is 37.4 Å². The number of β-amino-alcohol motifs (C(OH)–C–C–N with tert-alkyl or cyclic N) is 1. The van der Waals surface area contributed by atoms with Crippen LogP contribution in [0, 0.1) is 11.7 Å². The van der Waals surface area contributed by atoms with Crippen molar-refractivity contribution in [3.63, 3.8) is 0 Å². The number of anilines is 1. The Kier molecular flexibility index (Phi) is 14.1. The molecule has 21 heteroatoms. The molecule has 9 N–H and O–H groups in total. The van der Waals surface area contributed by atoms with Crippen molar-refractivity contribution in [2.45, 2.75) is 43.9 Å². The number of amides is 2. The maximum absolute atomic E-state index is 13.7. The maximum Gasteiger partial charge on any atom is 0.490 e. The van der Waals surface area contributed by atoms with E-state index < -0.39 is 48.0 Å². The first-order valence-electron chi connectivity index (χ1n) is 13.8. The van der Waals surface area contributed by atoms with Crippen LogP contribution in [-0.2, 0) is 32.1 Å². The van der Waals surface area contributed by atoms with Gasteiger partial charge in [0.05, 0.1) is 17.2 Å². The van der Waals surface area contributed by atoms with Crippen LogP contribution in [0.5, 0.6) is 0 Å². The number of benzene rings is 2. The van der Waals surface area contributed by atoms with E-state index in [0.29, 0.717) is 13.0 Å². The topological polar surface area (TPSA) is 221 Å². The van der Waals surface area contributed by atoms with Crippen LogP contribution in [0.25, 0.3) is 0 Å². The number of rotatable bonds is 6.